The number of hydrogen-bond acceptors (Lipinski definition) is 4. The van der Waals surface area contributed by atoms with Crippen molar-refractivity contribution in [3.8, 4) is 6.07 Å². The van der Waals surface area contributed by atoms with Crippen LogP contribution in [0, 0.1) is 23.0 Å². The zero-order valence-electron chi connectivity index (χ0n) is 20.5. The number of hydrogen-bond donors (Lipinski definition) is 1. The molecule has 1 aromatic heterocycles. The Bertz CT molecular complexity index is 1230. The molecule has 3 aliphatic rings. The number of aromatic amines is 1. The van der Waals surface area contributed by atoms with Crippen molar-refractivity contribution in [2.45, 2.75) is 50.5 Å². The lowest BCUT2D eigenvalue weighted by atomic mass is 9.76. The Balaban J connectivity index is 1.24. The van der Waals surface area contributed by atoms with Gasteiger partial charge in [-0.15, -0.1) is 5.10 Å². The molecule has 0 amide bonds. The van der Waals surface area contributed by atoms with E-state index in [4.69, 9.17) is 0 Å². The predicted octanol–water partition coefficient (Wildman–Crippen LogP) is 5.19. The summed E-state index contributed by atoms with van der Waals surface area (Å²) < 4.78 is 28.3. The number of allylic oxidation sites excluding steroid dienone is 8. The van der Waals surface area contributed by atoms with Crippen molar-refractivity contribution in [1.82, 2.24) is 24.8 Å². The second-order valence-corrected chi connectivity index (χ2v) is 9.83. The summed E-state index contributed by atoms with van der Waals surface area (Å²) in [6.07, 6.45) is 17.8. The highest BCUT2D eigenvalue weighted by atomic mass is 19.1. The molecule has 0 unspecified atom stereocenters. The molecule has 1 saturated heterocycles. The van der Waals surface area contributed by atoms with Gasteiger partial charge in [0, 0.05) is 49.2 Å². The van der Waals surface area contributed by atoms with E-state index in [1.807, 2.05) is 0 Å². The lowest BCUT2D eigenvalue weighted by Crippen LogP contribution is -2.45. The SMILES string of the molecule is N#C[C@@](CCC1=CC=C(N2CCN(C3=CC=CCC3)CC2)CC1)(Cn1nc[nH]1)c1ccc(F)cc1F. The molecule has 36 heavy (non-hydrogen) atoms. The summed E-state index contributed by atoms with van der Waals surface area (Å²) in [4.78, 5) is 6.53. The summed E-state index contributed by atoms with van der Waals surface area (Å²) in [7, 11) is 0. The lowest BCUT2D eigenvalue weighted by Gasteiger charge is -2.40. The molecule has 8 heteroatoms. The quantitative estimate of drug-likeness (QED) is 0.553. The van der Waals surface area contributed by atoms with E-state index in [9.17, 15) is 14.0 Å². The fourth-order valence-electron chi connectivity index (χ4n) is 5.46. The Morgan fingerprint density at radius 2 is 1.75 bits per heavy atom. The van der Waals surface area contributed by atoms with Crippen molar-refractivity contribution in [3.05, 3.63) is 89.1 Å². The number of nitrogens with one attached hydrogen (secondary N) is 1. The van der Waals surface area contributed by atoms with Gasteiger partial charge in [-0.25, -0.2) is 13.6 Å². The van der Waals surface area contributed by atoms with Crippen LogP contribution in [0.25, 0.3) is 0 Å². The number of halogens is 2. The van der Waals surface area contributed by atoms with E-state index < -0.39 is 17.0 Å². The van der Waals surface area contributed by atoms with E-state index in [1.165, 1.54) is 40.2 Å². The Morgan fingerprint density at radius 3 is 2.31 bits per heavy atom. The van der Waals surface area contributed by atoms with E-state index in [-0.39, 0.29) is 12.1 Å². The van der Waals surface area contributed by atoms with Crippen LogP contribution in [0.2, 0.25) is 0 Å². The monoisotopic (exact) mass is 490 g/mol. The zero-order chi connectivity index (χ0) is 25.0. The number of nitrogens with zero attached hydrogens (tertiary/aromatic N) is 5. The average Bonchev–Trinajstić information content (AvgIpc) is 2.89. The maximum atomic E-state index is 14.8. The molecule has 6 nitrogen and oxygen atoms in total. The first-order chi connectivity index (χ1) is 17.6. The molecule has 5 rings (SSSR count). The van der Waals surface area contributed by atoms with Crippen LogP contribution in [0.5, 0.6) is 0 Å². The van der Waals surface area contributed by atoms with E-state index in [1.54, 1.807) is 0 Å². The summed E-state index contributed by atoms with van der Waals surface area (Å²) in [5.41, 5.74) is 3.14. The number of piperazine rings is 1. The number of rotatable bonds is 8. The minimum atomic E-state index is -1.15. The summed E-state index contributed by atoms with van der Waals surface area (Å²) >= 11 is 0. The average molecular weight is 491 g/mol. The van der Waals surface area contributed by atoms with Gasteiger partial charge in [0.1, 0.15) is 23.4 Å². The minimum Gasteiger partial charge on any atom is -0.371 e. The van der Waals surface area contributed by atoms with E-state index >= 15 is 0 Å². The van der Waals surface area contributed by atoms with Crippen molar-refractivity contribution >= 4 is 0 Å². The summed E-state index contributed by atoms with van der Waals surface area (Å²) in [5.74, 6) is -1.34. The number of aromatic nitrogens is 3. The van der Waals surface area contributed by atoms with Crippen molar-refractivity contribution in [3.63, 3.8) is 0 Å². The summed E-state index contributed by atoms with van der Waals surface area (Å²) in [6.45, 7) is 4.35. The minimum absolute atomic E-state index is 0.188. The van der Waals surface area contributed by atoms with Crippen LogP contribution in [-0.2, 0) is 12.0 Å². The fourth-order valence-corrected chi connectivity index (χ4v) is 5.46. The molecule has 1 fully saturated rings. The third-order valence-electron chi connectivity index (χ3n) is 7.65. The standard InChI is InChI=1S/C28H32F2N6/c29-23-8-11-26(27(30)18-23)28(19-31,20-36-32-21-33-36)13-12-22-6-9-25(10-7-22)35-16-14-34(15-17-35)24-4-2-1-3-5-24/h1-2,4,6,8-9,11,18,21H,3,5,7,10,12-17,20H2,(H,32,33)/t28-/m0/s1. The highest BCUT2D eigenvalue weighted by Crippen LogP contribution is 2.36. The molecular formula is C28H32F2N6. The summed E-state index contributed by atoms with van der Waals surface area (Å²) in [5, 5.41) is 17.2. The third-order valence-corrected chi connectivity index (χ3v) is 7.65. The van der Waals surface area contributed by atoms with Gasteiger partial charge < -0.3 is 9.80 Å². The second kappa shape index (κ2) is 10.6. The molecule has 0 saturated carbocycles. The zero-order valence-corrected chi connectivity index (χ0v) is 20.5. The van der Waals surface area contributed by atoms with E-state index in [2.05, 4.69) is 56.4 Å². The van der Waals surface area contributed by atoms with Crippen LogP contribution in [0.4, 0.5) is 8.78 Å². The first-order valence-corrected chi connectivity index (χ1v) is 12.7. The Labute approximate surface area is 210 Å². The molecule has 0 bridgehead atoms. The van der Waals surface area contributed by atoms with Crippen molar-refractivity contribution in [2.75, 3.05) is 26.2 Å². The first-order valence-electron chi connectivity index (χ1n) is 12.7. The molecule has 1 aromatic carbocycles. The molecule has 2 aromatic rings. The van der Waals surface area contributed by atoms with Gasteiger partial charge in [-0.3, -0.25) is 5.10 Å². The van der Waals surface area contributed by atoms with Crippen LogP contribution >= 0.6 is 0 Å². The third kappa shape index (κ3) is 5.15. The molecule has 2 heterocycles. The molecular weight excluding hydrogens is 458 g/mol. The summed E-state index contributed by atoms with van der Waals surface area (Å²) in [6, 6.07) is 5.80. The normalized spacial score (nSPS) is 19.9. The maximum absolute atomic E-state index is 14.8. The van der Waals surface area contributed by atoms with Crippen LogP contribution in [0.15, 0.2) is 71.9 Å². The molecule has 1 atom stereocenters. The largest absolute Gasteiger partial charge is 0.371 e. The molecule has 0 radical (unpaired) electrons. The van der Waals surface area contributed by atoms with E-state index in [0.29, 0.717) is 12.8 Å². The van der Waals surface area contributed by atoms with Crippen molar-refractivity contribution in [1.29, 1.82) is 5.26 Å². The molecule has 2 aliphatic carbocycles. The van der Waals surface area contributed by atoms with Crippen molar-refractivity contribution < 1.29 is 8.78 Å². The molecule has 0 spiro atoms. The Kier molecular flexibility index (Phi) is 7.08. The number of H-pyrrole nitrogens is 1. The van der Waals surface area contributed by atoms with Crippen LogP contribution < -0.4 is 0 Å². The van der Waals surface area contributed by atoms with Gasteiger partial charge in [0.25, 0.3) is 0 Å². The van der Waals surface area contributed by atoms with Crippen LogP contribution in [-0.4, -0.2) is 51.0 Å². The van der Waals surface area contributed by atoms with Crippen molar-refractivity contribution in [2.24, 2.45) is 0 Å². The molecule has 188 valence electrons. The topological polar surface area (TPSA) is 63.9 Å². The molecule has 1 aliphatic heterocycles. The smallest absolute Gasteiger partial charge is 0.131 e. The number of benzene rings is 1. The van der Waals surface area contributed by atoms with Gasteiger partial charge in [-0.1, -0.05) is 29.9 Å². The Morgan fingerprint density at radius 1 is 1.00 bits per heavy atom. The van der Waals surface area contributed by atoms with Gasteiger partial charge >= 0.3 is 0 Å². The van der Waals surface area contributed by atoms with Gasteiger partial charge in [0.05, 0.1) is 12.6 Å². The highest BCUT2D eigenvalue weighted by Gasteiger charge is 2.36. The van der Waals surface area contributed by atoms with Gasteiger partial charge in [0.15, 0.2) is 0 Å². The van der Waals surface area contributed by atoms with Gasteiger partial charge in [-0.05, 0) is 56.7 Å². The van der Waals surface area contributed by atoms with Gasteiger partial charge in [-0.2, -0.15) is 5.26 Å². The Hall–Kier alpha value is -3.60. The van der Waals surface area contributed by atoms with Crippen LogP contribution in [0.3, 0.4) is 0 Å². The molecule has 1 N–H and O–H groups in total. The van der Waals surface area contributed by atoms with Crippen LogP contribution in [0.1, 0.15) is 44.1 Å². The predicted molar refractivity (Wildman–Crippen MR) is 134 cm³/mol. The fraction of sp³-hybridized carbons (Fsp3) is 0.429. The highest BCUT2D eigenvalue weighted by molar-refractivity contribution is 5.35. The maximum Gasteiger partial charge on any atom is 0.131 e. The lowest BCUT2D eigenvalue weighted by molar-refractivity contribution is 0.183. The first kappa shape index (κ1) is 24.1. The number of nitriles is 1. The van der Waals surface area contributed by atoms with Gasteiger partial charge in [0.2, 0.25) is 0 Å². The van der Waals surface area contributed by atoms with E-state index in [0.717, 1.165) is 57.9 Å². The second-order valence-electron chi connectivity index (χ2n) is 9.83.